The molecule has 0 radical (unpaired) electrons. The van der Waals surface area contributed by atoms with Crippen LogP contribution in [0.25, 0.3) is 0 Å². The van der Waals surface area contributed by atoms with Crippen LogP contribution in [0.4, 0.5) is 10.3 Å². The molecule has 3 aromatic rings. The fourth-order valence-corrected chi connectivity index (χ4v) is 4.04. The van der Waals surface area contributed by atoms with Crippen LogP contribution >= 0.6 is 0 Å². The Hall–Kier alpha value is -3.06. The maximum absolute atomic E-state index is 13.3. The molecule has 1 fully saturated rings. The maximum Gasteiger partial charge on any atom is 0.228 e. The first-order valence-electron chi connectivity index (χ1n) is 10.4. The zero-order valence-corrected chi connectivity index (χ0v) is 16.8. The Morgan fingerprint density at radius 3 is 2.57 bits per heavy atom. The standard InChI is InChI=1S/C23H24FN5O/c24-17-6-8-19(9-7-17)30-22-20-16-28(15-18-5-1-2-11-25-18)14-10-21(20)26-23(27-22)29-12-3-4-13-29/h1-2,5-9,11H,3-4,10,12-16H2. The molecular weight excluding hydrogens is 381 g/mol. The number of pyridine rings is 1. The van der Waals surface area contributed by atoms with Crippen molar-refractivity contribution in [3.8, 4) is 11.6 Å². The molecule has 0 unspecified atom stereocenters. The van der Waals surface area contributed by atoms with Crippen LogP contribution in [0.5, 0.6) is 11.6 Å². The zero-order chi connectivity index (χ0) is 20.3. The molecule has 5 rings (SSSR count). The summed E-state index contributed by atoms with van der Waals surface area (Å²) >= 11 is 0. The molecule has 4 heterocycles. The third-order valence-corrected chi connectivity index (χ3v) is 5.62. The number of hydrogen-bond acceptors (Lipinski definition) is 6. The van der Waals surface area contributed by atoms with Crippen LogP contribution in [0.1, 0.15) is 29.8 Å². The van der Waals surface area contributed by atoms with Gasteiger partial charge in [0.15, 0.2) is 0 Å². The van der Waals surface area contributed by atoms with E-state index in [9.17, 15) is 4.39 Å². The van der Waals surface area contributed by atoms with E-state index >= 15 is 0 Å². The van der Waals surface area contributed by atoms with E-state index in [1.165, 1.54) is 12.1 Å². The average molecular weight is 405 g/mol. The number of rotatable bonds is 5. The monoisotopic (exact) mass is 405 g/mol. The molecular formula is C23H24FN5O. The molecule has 0 saturated carbocycles. The van der Waals surface area contributed by atoms with Crippen molar-refractivity contribution in [3.63, 3.8) is 0 Å². The zero-order valence-electron chi connectivity index (χ0n) is 16.8. The molecule has 1 aromatic carbocycles. The van der Waals surface area contributed by atoms with Gasteiger partial charge in [-0.25, -0.2) is 9.37 Å². The number of benzene rings is 1. The Bertz CT molecular complexity index is 1010. The van der Waals surface area contributed by atoms with Crippen LogP contribution in [0, 0.1) is 5.82 Å². The quantitative estimate of drug-likeness (QED) is 0.640. The Morgan fingerprint density at radius 1 is 0.967 bits per heavy atom. The van der Waals surface area contributed by atoms with Crippen LogP contribution < -0.4 is 9.64 Å². The third-order valence-electron chi connectivity index (χ3n) is 5.62. The molecule has 0 amide bonds. The molecule has 1 saturated heterocycles. The maximum atomic E-state index is 13.3. The molecule has 0 N–H and O–H groups in total. The van der Waals surface area contributed by atoms with Gasteiger partial charge in [-0.1, -0.05) is 6.07 Å². The summed E-state index contributed by atoms with van der Waals surface area (Å²) in [7, 11) is 0. The van der Waals surface area contributed by atoms with E-state index in [2.05, 4.69) is 14.8 Å². The predicted molar refractivity (Wildman–Crippen MR) is 112 cm³/mol. The van der Waals surface area contributed by atoms with Crippen molar-refractivity contribution in [1.29, 1.82) is 0 Å². The highest BCUT2D eigenvalue weighted by molar-refractivity contribution is 5.44. The lowest BCUT2D eigenvalue weighted by Gasteiger charge is -2.29. The first kappa shape index (κ1) is 18.9. The second-order valence-corrected chi connectivity index (χ2v) is 7.79. The van der Waals surface area contributed by atoms with Gasteiger partial charge in [-0.2, -0.15) is 4.98 Å². The fraction of sp³-hybridized carbons (Fsp3) is 0.348. The molecule has 30 heavy (non-hydrogen) atoms. The van der Waals surface area contributed by atoms with Crippen molar-refractivity contribution < 1.29 is 9.13 Å². The van der Waals surface area contributed by atoms with Crippen LogP contribution in [-0.2, 0) is 19.5 Å². The number of nitrogens with zero attached hydrogens (tertiary/aromatic N) is 5. The lowest BCUT2D eigenvalue weighted by molar-refractivity contribution is 0.235. The Morgan fingerprint density at radius 2 is 1.80 bits per heavy atom. The molecule has 2 aliphatic rings. The summed E-state index contributed by atoms with van der Waals surface area (Å²) in [5.74, 6) is 1.60. The summed E-state index contributed by atoms with van der Waals surface area (Å²) in [5.41, 5.74) is 3.09. The normalized spacial score (nSPS) is 16.5. The van der Waals surface area contributed by atoms with Crippen molar-refractivity contribution in [2.75, 3.05) is 24.5 Å². The van der Waals surface area contributed by atoms with Crippen molar-refractivity contribution >= 4 is 5.95 Å². The van der Waals surface area contributed by atoms with E-state index < -0.39 is 0 Å². The second-order valence-electron chi connectivity index (χ2n) is 7.79. The first-order chi connectivity index (χ1) is 14.7. The number of ether oxygens (including phenoxy) is 1. The third kappa shape index (κ3) is 4.11. The van der Waals surface area contributed by atoms with Crippen molar-refractivity contribution in [2.24, 2.45) is 0 Å². The van der Waals surface area contributed by atoms with Gasteiger partial charge in [0, 0.05) is 45.3 Å². The average Bonchev–Trinajstić information content (AvgIpc) is 3.31. The first-order valence-corrected chi connectivity index (χ1v) is 10.4. The molecule has 6 nitrogen and oxygen atoms in total. The highest BCUT2D eigenvalue weighted by Crippen LogP contribution is 2.32. The van der Waals surface area contributed by atoms with Gasteiger partial charge in [0.25, 0.3) is 0 Å². The van der Waals surface area contributed by atoms with Gasteiger partial charge in [-0.3, -0.25) is 9.88 Å². The minimum atomic E-state index is -0.286. The van der Waals surface area contributed by atoms with Crippen LogP contribution in [-0.4, -0.2) is 39.5 Å². The highest BCUT2D eigenvalue weighted by Gasteiger charge is 2.26. The van der Waals surface area contributed by atoms with Crippen LogP contribution in [0.2, 0.25) is 0 Å². The molecule has 0 bridgehead atoms. The van der Waals surface area contributed by atoms with E-state index in [-0.39, 0.29) is 5.82 Å². The number of aromatic nitrogens is 3. The van der Waals surface area contributed by atoms with Gasteiger partial charge < -0.3 is 9.64 Å². The van der Waals surface area contributed by atoms with Gasteiger partial charge >= 0.3 is 0 Å². The van der Waals surface area contributed by atoms with Crippen molar-refractivity contribution in [3.05, 3.63) is 71.4 Å². The van der Waals surface area contributed by atoms with E-state index in [0.717, 1.165) is 68.3 Å². The summed E-state index contributed by atoms with van der Waals surface area (Å²) in [4.78, 5) is 18.7. The Labute approximate surface area is 175 Å². The molecule has 7 heteroatoms. The smallest absolute Gasteiger partial charge is 0.228 e. The highest BCUT2D eigenvalue weighted by atomic mass is 19.1. The SMILES string of the molecule is Fc1ccc(Oc2nc(N3CCCC3)nc3c2CN(Cc2ccccn2)CC3)cc1. The molecule has 0 spiro atoms. The fourth-order valence-electron chi connectivity index (χ4n) is 4.04. The summed E-state index contributed by atoms with van der Waals surface area (Å²) < 4.78 is 19.5. The van der Waals surface area contributed by atoms with Crippen molar-refractivity contribution in [1.82, 2.24) is 19.9 Å². The number of halogens is 1. The lowest BCUT2D eigenvalue weighted by Crippen LogP contribution is -2.32. The van der Waals surface area contributed by atoms with E-state index in [0.29, 0.717) is 18.2 Å². The summed E-state index contributed by atoms with van der Waals surface area (Å²) in [5, 5.41) is 0. The Kier molecular flexibility index (Phi) is 5.27. The molecule has 0 aliphatic carbocycles. The van der Waals surface area contributed by atoms with Gasteiger partial charge in [0.2, 0.25) is 11.8 Å². The summed E-state index contributed by atoms with van der Waals surface area (Å²) in [6.07, 6.45) is 4.98. The summed E-state index contributed by atoms with van der Waals surface area (Å²) in [6.45, 7) is 4.32. The Balaban J connectivity index is 1.45. The topological polar surface area (TPSA) is 54.4 Å². The molecule has 2 aromatic heterocycles. The second kappa shape index (κ2) is 8.36. The number of hydrogen-bond donors (Lipinski definition) is 0. The van der Waals surface area contributed by atoms with Crippen LogP contribution in [0.3, 0.4) is 0 Å². The van der Waals surface area contributed by atoms with Gasteiger partial charge in [-0.05, 0) is 49.2 Å². The van der Waals surface area contributed by atoms with Gasteiger partial charge in [0.1, 0.15) is 11.6 Å². The van der Waals surface area contributed by atoms with Crippen molar-refractivity contribution in [2.45, 2.75) is 32.4 Å². The minimum absolute atomic E-state index is 0.286. The van der Waals surface area contributed by atoms with E-state index in [1.54, 1.807) is 12.1 Å². The number of anilines is 1. The lowest BCUT2D eigenvalue weighted by atomic mass is 10.1. The largest absolute Gasteiger partial charge is 0.438 e. The van der Waals surface area contributed by atoms with E-state index in [4.69, 9.17) is 14.7 Å². The van der Waals surface area contributed by atoms with E-state index in [1.807, 2.05) is 24.4 Å². The number of fused-ring (bicyclic) bond motifs is 1. The molecule has 154 valence electrons. The van der Waals surface area contributed by atoms with Crippen LogP contribution in [0.15, 0.2) is 48.7 Å². The summed E-state index contributed by atoms with van der Waals surface area (Å²) in [6, 6.07) is 12.0. The molecule has 0 atom stereocenters. The minimum Gasteiger partial charge on any atom is -0.438 e. The van der Waals surface area contributed by atoms with Gasteiger partial charge in [-0.15, -0.1) is 0 Å². The van der Waals surface area contributed by atoms with Gasteiger partial charge in [0.05, 0.1) is 17.0 Å². The predicted octanol–water partition coefficient (Wildman–Crippen LogP) is 3.96. The molecule has 2 aliphatic heterocycles.